The first kappa shape index (κ1) is 22.5. The lowest BCUT2D eigenvalue weighted by Gasteiger charge is -2.27. The molecule has 5 rings (SSSR count). The van der Waals surface area contributed by atoms with Crippen LogP contribution in [0, 0.1) is 19.7 Å². The van der Waals surface area contributed by atoms with E-state index in [0.29, 0.717) is 16.8 Å². The van der Waals surface area contributed by atoms with Gasteiger partial charge in [-0.2, -0.15) is 0 Å². The molecule has 0 fully saturated rings. The maximum atomic E-state index is 14.3. The lowest BCUT2D eigenvalue weighted by atomic mass is 9.87. The molecular formula is C28H27FN2O2S. The number of sulfone groups is 1. The Morgan fingerprint density at radius 3 is 2.47 bits per heavy atom. The van der Waals surface area contributed by atoms with Crippen molar-refractivity contribution in [2.75, 3.05) is 17.7 Å². The highest BCUT2D eigenvalue weighted by atomic mass is 32.2. The summed E-state index contributed by atoms with van der Waals surface area (Å²) < 4.78 is 39.5. The van der Waals surface area contributed by atoms with E-state index >= 15 is 0 Å². The molecule has 3 aromatic carbocycles. The average molecular weight is 475 g/mol. The third-order valence-corrected chi connectivity index (χ3v) is 7.85. The van der Waals surface area contributed by atoms with Gasteiger partial charge in [0.25, 0.3) is 0 Å². The summed E-state index contributed by atoms with van der Waals surface area (Å²) in [6.07, 6.45) is 1.20. The molecule has 34 heavy (non-hydrogen) atoms. The van der Waals surface area contributed by atoms with E-state index in [2.05, 4.69) is 43.9 Å². The summed E-state index contributed by atoms with van der Waals surface area (Å²) in [4.78, 5) is 7.29. The molecule has 0 unspecified atom stereocenters. The third kappa shape index (κ3) is 3.57. The summed E-state index contributed by atoms with van der Waals surface area (Å²) in [6.45, 7) is 9.24. The van der Waals surface area contributed by atoms with Gasteiger partial charge in [-0.15, -0.1) is 0 Å². The molecule has 0 saturated heterocycles. The Bertz CT molecular complexity index is 1580. The highest BCUT2D eigenvalue weighted by Crippen LogP contribution is 2.48. The lowest BCUT2D eigenvalue weighted by molar-refractivity contribution is 0.569. The van der Waals surface area contributed by atoms with Crippen LogP contribution in [0.2, 0.25) is 0 Å². The molecule has 4 nitrogen and oxygen atoms in total. The Labute approximate surface area is 200 Å². The Hall–Kier alpha value is -3.25. The number of aryl methyl sites for hydroxylation is 1. The largest absolute Gasteiger partial charge is 0.340 e. The zero-order valence-corrected chi connectivity index (χ0v) is 20.8. The smallest absolute Gasteiger partial charge is 0.176 e. The van der Waals surface area contributed by atoms with Crippen molar-refractivity contribution in [2.45, 2.75) is 38.0 Å². The van der Waals surface area contributed by atoms with E-state index in [1.807, 2.05) is 6.92 Å². The molecule has 6 heteroatoms. The van der Waals surface area contributed by atoms with Crippen LogP contribution < -0.4 is 4.90 Å². The second-order valence-corrected chi connectivity index (χ2v) is 11.8. The van der Waals surface area contributed by atoms with Crippen LogP contribution in [0.4, 0.5) is 15.8 Å². The Morgan fingerprint density at radius 1 is 1.00 bits per heavy atom. The van der Waals surface area contributed by atoms with E-state index in [-0.39, 0.29) is 16.1 Å². The van der Waals surface area contributed by atoms with Crippen molar-refractivity contribution in [3.63, 3.8) is 0 Å². The number of hydrogen-bond donors (Lipinski definition) is 0. The van der Waals surface area contributed by atoms with Crippen LogP contribution >= 0.6 is 0 Å². The van der Waals surface area contributed by atoms with Crippen LogP contribution in [0.1, 0.15) is 30.5 Å². The minimum atomic E-state index is -3.49. The summed E-state index contributed by atoms with van der Waals surface area (Å²) in [5.74, 6) is -0.379. The van der Waals surface area contributed by atoms with E-state index in [1.54, 1.807) is 30.3 Å². The van der Waals surface area contributed by atoms with Crippen molar-refractivity contribution in [2.24, 2.45) is 0 Å². The second kappa shape index (κ2) is 7.64. The second-order valence-electron chi connectivity index (χ2n) is 9.85. The molecular weight excluding hydrogens is 447 g/mol. The summed E-state index contributed by atoms with van der Waals surface area (Å²) in [6, 6.07) is 18.0. The minimum Gasteiger partial charge on any atom is -0.340 e. The molecule has 2 heterocycles. The SMILES string of the molecule is Cc1ccc2c(c1)N(c1c(C)c(-c3ccccc3S(C)(=O)=O)nc3cc(F)ccc13)CC2(C)C. The number of benzene rings is 3. The van der Waals surface area contributed by atoms with Crippen molar-refractivity contribution in [1.29, 1.82) is 0 Å². The van der Waals surface area contributed by atoms with Gasteiger partial charge in [0, 0.05) is 40.9 Å². The minimum absolute atomic E-state index is 0.0874. The highest BCUT2D eigenvalue weighted by molar-refractivity contribution is 7.90. The molecule has 0 atom stereocenters. The van der Waals surface area contributed by atoms with Gasteiger partial charge in [0.05, 0.1) is 21.8 Å². The summed E-state index contributed by atoms with van der Waals surface area (Å²) in [5, 5.41) is 0.838. The van der Waals surface area contributed by atoms with Gasteiger partial charge in [0.15, 0.2) is 9.84 Å². The number of anilines is 2. The van der Waals surface area contributed by atoms with E-state index in [9.17, 15) is 12.8 Å². The van der Waals surface area contributed by atoms with Gasteiger partial charge in [-0.1, -0.05) is 44.2 Å². The molecule has 1 aromatic heterocycles. The Kier molecular flexibility index (Phi) is 5.06. The van der Waals surface area contributed by atoms with Crippen molar-refractivity contribution in [3.8, 4) is 11.3 Å². The number of rotatable bonds is 3. The van der Waals surface area contributed by atoms with Crippen LogP contribution in [0.3, 0.4) is 0 Å². The predicted molar refractivity (Wildman–Crippen MR) is 136 cm³/mol. The van der Waals surface area contributed by atoms with Crippen molar-refractivity contribution >= 4 is 32.1 Å². The molecule has 0 bridgehead atoms. The molecule has 0 radical (unpaired) electrons. The Morgan fingerprint density at radius 2 is 1.74 bits per heavy atom. The first-order valence-corrected chi connectivity index (χ1v) is 13.1. The topological polar surface area (TPSA) is 50.3 Å². The number of fused-ring (bicyclic) bond motifs is 2. The molecule has 0 saturated carbocycles. The van der Waals surface area contributed by atoms with Crippen LogP contribution in [0.25, 0.3) is 22.2 Å². The fraction of sp³-hybridized carbons (Fsp3) is 0.250. The molecule has 0 spiro atoms. The fourth-order valence-electron chi connectivity index (χ4n) is 5.11. The summed E-state index contributed by atoms with van der Waals surface area (Å²) in [5.41, 5.74) is 6.81. The van der Waals surface area contributed by atoms with Gasteiger partial charge < -0.3 is 4.90 Å². The number of pyridine rings is 1. The average Bonchev–Trinajstić information content (AvgIpc) is 3.02. The molecule has 0 aliphatic carbocycles. The normalized spacial score (nSPS) is 15.1. The molecule has 1 aliphatic rings. The van der Waals surface area contributed by atoms with Gasteiger partial charge in [-0.3, -0.25) is 0 Å². The van der Waals surface area contributed by atoms with E-state index < -0.39 is 9.84 Å². The Balaban J connectivity index is 1.87. The van der Waals surface area contributed by atoms with Crippen molar-refractivity contribution in [1.82, 2.24) is 4.98 Å². The predicted octanol–water partition coefficient (Wildman–Crippen LogP) is 6.49. The van der Waals surface area contributed by atoms with Crippen molar-refractivity contribution in [3.05, 3.63) is 83.2 Å². The summed E-state index contributed by atoms with van der Waals surface area (Å²) >= 11 is 0. The highest BCUT2D eigenvalue weighted by Gasteiger charge is 2.37. The van der Waals surface area contributed by atoms with Gasteiger partial charge in [-0.05, 0) is 54.8 Å². The first-order valence-electron chi connectivity index (χ1n) is 11.3. The maximum absolute atomic E-state index is 14.3. The quantitative estimate of drug-likeness (QED) is 0.341. The summed E-state index contributed by atoms with van der Waals surface area (Å²) in [7, 11) is -3.49. The number of nitrogens with zero attached hydrogens (tertiary/aromatic N) is 2. The number of hydrogen-bond acceptors (Lipinski definition) is 4. The van der Waals surface area contributed by atoms with E-state index in [1.165, 1.54) is 24.0 Å². The lowest BCUT2D eigenvalue weighted by Crippen LogP contribution is -2.26. The maximum Gasteiger partial charge on any atom is 0.176 e. The number of halogens is 1. The molecule has 0 N–H and O–H groups in total. The number of aromatic nitrogens is 1. The third-order valence-electron chi connectivity index (χ3n) is 6.70. The monoisotopic (exact) mass is 474 g/mol. The van der Waals surface area contributed by atoms with E-state index in [4.69, 9.17) is 4.98 Å². The van der Waals surface area contributed by atoms with Gasteiger partial charge in [0.2, 0.25) is 0 Å². The zero-order chi connectivity index (χ0) is 24.4. The molecule has 0 amide bonds. The van der Waals surface area contributed by atoms with E-state index in [0.717, 1.165) is 34.4 Å². The van der Waals surface area contributed by atoms with Gasteiger partial charge in [-0.25, -0.2) is 17.8 Å². The zero-order valence-electron chi connectivity index (χ0n) is 20.0. The van der Waals surface area contributed by atoms with Crippen LogP contribution in [0.5, 0.6) is 0 Å². The van der Waals surface area contributed by atoms with Gasteiger partial charge >= 0.3 is 0 Å². The van der Waals surface area contributed by atoms with Gasteiger partial charge in [0.1, 0.15) is 5.82 Å². The molecule has 1 aliphatic heterocycles. The van der Waals surface area contributed by atoms with Crippen molar-refractivity contribution < 1.29 is 12.8 Å². The molecule has 174 valence electrons. The molecule has 4 aromatic rings. The fourth-order valence-corrected chi connectivity index (χ4v) is 6.00. The first-order chi connectivity index (χ1) is 16.0. The standard InChI is InChI=1S/C28H27FN2O2S/c1-17-10-13-22-24(14-17)31(16-28(22,3)4)27-18(2)26(30-23-15-19(29)11-12-20(23)27)21-8-6-7-9-25(21)34(5,32)33/h6-15H,16H2,1-5H3. The van der Waals surface area contributed by atoms with Crippen LogP contribution in [0.15, 0.2) is 65.6 Å². The van der Waals surface area contributed by atoms with Crippen LogP contribution in [-0.2, 0) is 15.3 Å². The van der Waals surface area contributed by atoms with Crippen LogP contribution in [-0.4, -0.2) is 26.2 Å².